The first-order chi connectivity index (χ1) is 8.43. The molecule has 0 aromatic rings. The topological polar surface area (TPSA) is 207 Å². The van der Waals surface area contributed by atoms with Crippen LogP contribution in [-0.4, -0.2) is 22.9 Å². The van der Waals surface area contributed by atoms with Crippen LogP contribution in [-0.2, 0) is 19.5 Å². The molecule has 0 saturated carbocycles. The molecule has 0 aromatic carbocycles. The molecule has 0 unspecified atom stereocenters. The molecule has 2 heterocycles. The Balaban J connectivity index is 0. The zero-order chi connectivity index (χ0) is 14.0. The summed E-state index contributed by atoms with van der Waals surface area (Å²) in [4.78, 5) is 24.0. The van der Waals surface area contributed by atoms with Gasteiger partial charge < -0.3 is 30.6 Å². The van der Waals surface area contributed by atoms with E-state index in [9.17, 15) is 0 Å². The van der Waals surface area contributed by atoms with E-state index in [4.69, 9.17) is 30.6 Å². The minimum Gasteiger partial charge on any atom is -0.356 e. The van der Waals surface area contributed by atoms with Crippen molar-refractivity contribution in [1.82, 2.24) is 0 Å². The Hall–Kier alpha value is -2.70. The fraction of sp³-hybridized carbons (Fsp3) is 0. The monoisotopic (exact) mass is 322 g/mol. The molecule has 0 fully saturated rings. The number of rotatable bonds is 0. The Morgan fingerprint density at radius 2 is 1.05 bits per heavy atom. The van der Waals surface area contributed by atoms with Crippen LogP contribution >= 0.6 is 0 Å². The Kier molecular flexibility index (Phi) is 10.3. The maximum Gasteiger partial charge on any atom is 2.00 e. The van der Waals surface area contributed by atoms with Crippen LogP contribution in [0.5, 0.6) is 0 Å². The summed E-state index contributed by atoms with van der Waals surface area (Å²) < 4.78 is 0. The third kappa shape index (κ3) is 11.6. The first-order valence-corrected chi connectivity index (χ1v) is 3.67. The molecule has 2 aliphatic rings. The second kappa shape index (κ2) is 10.5. The first-order valence-electron chi connectivity index (χ1n) is 3.67. The van der Waals surface area contributed by atoms with Gasteiger partial charge in [-0.3, -0.25) is 0 Å². The Morgan fingerprint density at radius 3 is 1.21 bits per heavy atom. The third-order valence-electron chi connectivity index (χ3n) is 0.968. The van der Waals surface area contributed by atoms with E-state index in [0.717, 1.165) is 0 Å². The van der Waals surface area contributed by atoms with Crippen molar-refractivity contribution in [3.8, 4) is 0 Å². The van der Waals surface area contributed by atoms with Crippen molar-refractivity contribution in [2.24, 2.45) is 30.4 Å². The molecular formula is C4H2N8O6Zn. The van der Waals surface area contributed by atoms with Crippen LogP contribution < -0.4 is 0 Å². The van der Waals surface area contributed by atoms with Crippen molar-refractivity contribution in [2.45, 2.75) is 0 Å². The molecule has 0 N–H and O–H groups in total. The smallest absolute Gasteiger partial charge is 0.356 e. The molecule has 0 saturated heterocycles. The Morgan fingerprint density at radius 1 is 0.789 bits per heavy atom. The van der Waals surface area contributed by atoms with Gasteiger partial charge in [0.05, 0.1) is 10.2 Å². The first kappa shape index (κ1) is 18.7. The quantitative estimate of drug-likeness (QED) is 0.354. The zero-order valence-electron chi connectivity index (χ0n) is 8.89. The molecule has 0 spiro atoms. The summed E-state index contributed by atoms with van der Waals surface area (Å²) in [7, 11) is 0. The van der Waals surface area contributed by atoms with Gasteiger partial charge in [0.1, 0.15) is 12.7 Å². The Bertz CT molecular complexity index is 390. The number of azo groups is 2. The number of hydrogen-bond donors (Lipinski definition) is 0. The van der Waals surface area contributed by atoms with Crippen molar-refractivity contribution in [1.29, 1.82) is 0 Å². The number of aliphatic imine (C=N–C) groups is 2. The van der Waals surface area contributed by atoms with Crippen molar-refractivity contribution >= 4 is 12.7 Å². The van der Waals surface area contributed by atoms with Gasteiger partial charge in [0.2, 0.25) is 11.6 Å². The zero-order valence-corrected chi connectivity index (χ0v) is 11.9. The molecule has 2 rings (SSSR count). The van der Waals surface area contributed by atoms with Crippen LogP contribution in [0.3, 0.4) is 0 Å². The minimum atomic E-state index is -1.75. The molecule has 0 atom stereocenters. The fourth-order valence-corrected chi connectivity index (χ4v) is 0.579. The second-order valence-electron chi connectivity index (χ2n) is 2.01. The summed E-state index contributed by atoms with van der Waals surface area (Å²) in [5.41, 5.74) is 0. The summed E-state index contributed by atoms with van der Waals surface area (Å²) in [6, 6.07) is 0. The molecule has 14 nitrogen and oxygen atoms in total. The third-order valence-corrected chi connectivity index (χ3v) is 0.968. The molecule has 2 aliphatic heterocycles. The summed E-state index contributed by atoms with van der Waals surface area (Å²) >= 11 is 0. The van der Waals surface area contributed by atoms with Crippen molar-refractivity contribution in [2.75, 3.05) is 0 Å². The van der Waals surface area contributed by atoms with Crippen LogP contribution in [0.1, 0.15) is 0 Å². The SMILES string of the molecule is C1=NC(=C2N=CN=N2)N=N1.O=[N+]([O-])[O-].O=[N+]([O-])[O-].[Zn+2]. The van der Waals surface area contributed by atoms with E-state index < -0.39 is 10.2 Å². The molecule has 0 radical (unpaired) electrons. The molecule has 15 heteroatoms. The summed E-state index contributed by atoms with van der Waals surface area (Å²) in [6.45, 7) is 0. The van der Waals surface area contributed by atoms with E-state index in [1.807, 2.05) is 0 Å². The fourth-order valence-electron chi connectivity index (χ4n) is 0.579. The van der Waals surface area contributed by atoms with Gasteiger partial charge in [0, 0.05) is 0 Å². The van der Waals surface area contributed by atoms with Crippen LogP contribution in [0, 0.1) is 30.6 Å². The van der Waals surface area contributed by atoms with Gasteiger partial charge in [-0.2, -0.15) is 0 Å². The van der Waals surface area contributed by atoms with E-state index >= 15 is 0 Å². The van der Waals surface area contributed by atoms with Gasteiger partial charge in [0.15, 0.2) is 0 Å². The van der Waals surface area contributed by atoms with Crippen LogP contribution in [0.25, 0.3) is 0 Å². The van der Waals surface area contributed by atoms with Crippen molar-refractivity contribution in [3.05, 3.63) is 42.3 Å². The van der Waals surface area contributed by atoms with Gasteiger partial charge in [-0.1, -0.05) is 0 Å². The van der Waals surface area contributed by atoms with E-state index in [1.54, 1.807) is 0 Å². The standard InChI is InChI=1S/C4H2N6.2NO3.Zn/c1-5-3(9-7-1)4-6-2-8-10-4;2*2-1(3)4;/h1-2H;;;/q;2*-1;+2. The van der Waals surface area contributed by atoms with E-state index in [1.165, 1.54) is 12.7 Å². The second-order valence-corrected chi connectivity index (χ2v) is 2.01. The molecule has 0 aromatic heterocycles. The average Bonchev–Trinajstić information content (AvgIpc) is 2.89. The maximum absolute atomic E-state index is 8.25. The predicted molar refractivity (Wildman–Crippen MR) is 54.4 cm³/mol. The van der Waals surface area contributed by atoms with E-state index in [0.29, 0.717) is 11.6 Å². The van der Waals surface area contributed by atoms with Crippen LogP contribution in [0.4, 0.5) is 0 Å². The molecule has 0 bridgehead atoms. The maximum atomic E-state index is 8.25. The number of nitrogens with zero attached hydrogens (tertiary/aromatic N) is 8. The minimum absolute atomic E-state index is 0. The molecule has 0 amide bonds. The van der Waals surface area contributed by atoms with Gasteiger partial charge in [-0.05, 0) is 0 Å². The molecule has 0 aliphatic carbocycles. The van der Waals surface area contributed by atoms with Gasteiger partial charge in [0.25, 0.3) is 0 Å². The van der Waals surface area contributed by atoms with Crippen molar-refractivity contribution < 1.29 is 29.7 Å². The van der Waals surface area contributed by atoms with Gasteiger partial charge in [-0.15, -0.1) is 20.5 Å². The molecular weight excluding hydrogens is 321 g/mol. The summed E-state index contributed by atoms with van der Waals surface area (Å²) in [6.07, 6.45) is 2.68. The Labute approximate surface area is 116 Å². The van der Waals surface area contributed by atoms with Crippen molar-refractivity contribution in [3.63, 3.8) is 0 Å². The van der Waals surface area contributed by atoms with E-state index in [-0.39, 0.29) is 19.5 Å². The normalized spacial score (nSPS) is 16.8. The van der Waals surface area contributed by atoms with E-state index in [2.05, 4.69) is 30.4 Å². The predicted octanol–water partition coefficient (Wildman–Crippen LogP) is 0.620. The number of hydrogen-bond acceptors (Lipinski definition) is 12. The van der Waals surface area contributed by atoms with Crippen LogP contribution in [0.2, 0.25) is 0 Å². The largest absolute Gasteiger partial charge is 2.00 e. The van der Waals surface area contributed by atoms with Gasteiger partial charge >= 0.3 is 19.5 Å². The summed E-state index contributed by atoms with van der Waals surface area (Å²) in [5, 5.41) is 43.8. The van der Waals surface area contributed by atoms with Crippen LogP contribution in [0.15, 0.2) is 42.1 Å². The summed E-state index contributed by atoms with van der Waals surface area (Å²) in [5.74, 6) is 0.829. The molecule has 96 valence electrons. The average molecular weight is 324 g/mol. The van der Waals surface area contributed by atoms with Gasteiger partial charge in [-0.25, -0.2) is 9.98 Å². The molecule has 19 heavy (non-hydrogen) atoms.